The average molecular weight is 658 g/mol. The SMILES string of the molecule is COC(=O)[C@@H]1COCCCCC(=O)N2C[C@@H](NC(=O)c3cccc(Cl)c3)C[C@H]2COc2cc(F)cc(c2)-c2csc(c2)C(=O)N1. The lowest BCUT2D eigenvalue weighted by Crippen LogP contribution is -2.44. The van der Waals surface area contributed by atoms with Gasteiger partial charge in [0, 0.05) is 42.3 Å². The first-order valence-corrected chi connectivity index (χ1v) is 15.8. The van der Waals surface area contributed by atoms with Gasteiger partial charge in [0.2, 0.25) is 5.91 Å². The Morgan fingerprint density at radius 1 is 1.11 bits per heavy atom. The van der Waals surface area contributed by atoms with Crippen LogP contribution in [0, 0.1) is 5.82 Å². The minimum Gasteiger partial charge on any atom is -0.491 e. The number of ether oxygens (including phenoxy) is 3. The molecule has 3 amide bonds. The van der Waals surface area contributed by atoms with Gasteiger partial charge in [0.25, 0.3) is 11.8 Å². The predicted molar refractivity (Wildman–Crippen MR) is 166 cm³/mol. The first-order valence-electron chi connectivity index (χ1n) is 14.5. The minimum absolute atomic E-state index is 0.0908. The maximum atomic E-state index is 14.7. The van der Waals surface area contributed by atoms with Crippen molar-refractivity contribution in [3.8, 4) is 16.9 Å². The second-order valence-electron chi connectivity index (χ2n) is 10.9. The zero-order chi connectivity index (χ0) is 31.9. The van der Waals surface area contributed by atoms with E-state index in [9.17, 15) is 23.6 Å². The van der Waals surface area contributed by atoms with Crippen LogP contribution in [0.2, 0.25) is 5.02 Å². The van der Waals surface area contributed by atoms with Gasteiger partial charge in [0.15, 0.2) is 6.04 Å². The Bertz CT molecular complexity index is 1570. The van der Waals surface area contributed by atoms with E-state index in [4.69, 9.17) is 25.8 Å². The molecule has 1 aromatic heterocycles. The van der Waals surface area contributed by atoms with Gasteiger partial charge in [-0.1, -0.05) is 17.7 Å². The highest BCUT2D eigenvalue weighted by atomic mass is 35.5. The normalized spacial score (nSPS) is 21.2. The molecule has 3 aromatic rings. The topological polar surface area (TPSA) is 123 Å². The second kappa shape index (κ2) is 14.9. The van der Waals surface area contributed by atoms with Crippen LogP contribution in [0.15, 0.2) is 53.9 Å². The van der Waals surface area contributed by atoms with Gasteiger partial charge < -0.3 is 29.7 Å². The summed E-state index contributed by atoms with van der Waals surface area (Å²) in [4.78, 5) is 53.6. The summed E-state index contributed by atoms with van der Waals surface area (Å²) in [5, 5.41) is 7.80. The largest absolute Gasteiger partial charge is 0.491 e. The highest BCUT2D eigenvalue weighted by Gasteiger charge is 2.36. The number of carbonyl (C=O) groups excluding carboxylic acids is 4. The molecule has 2 aliphatic rings. The predicted octanol–water partition coefficient (Wildman–Crippen LogP) is 4.46. The van der Waals surface area contributed by atoms with Crippen molar-refractivity contribution in [2.45, 2.75) is 43.8 Å². The summed E-state index contributed by atoms with van der Waals surface area (Å²) in [6, 6.07) is 10.8. The molecule has 1 saturated heterocycles. The highest BCUT2D eigenvalue weighted by molar-refractivity contribution is 7.12. The minimum atomic E-state index is -1.03. The van der Waals surface area contributed by atoms with E-state index in [1.807, 2.05) is 0 Å². The number of amides is 3. The molecule has 0 radical (unpaired) electrons. The van der Waals surface area contributed by atoms with Crippen molar-refractivity contribution in [3.63, 3.8) is 0 Å². The number of fused-ring (bicyclic) bond motifs is 6. The number of nitrogens with zero attached hydrogens (tertiary/aromatic N) is 1. The van der Waals surface area contributed by atoms with Crippen molar-refractivity contribution >= 4 is 46.6 Å². The van der Waals surface area contributed by atoms with Gasteiger partial charge in [0.05, 0.1) is 24.6 Å². The van der Waals surface area contributed by atoms with Crippen LogP contribution in [0.5, 0.6) is 5.75 Å². The van der Waals surface area contributed by atoms with E-state index >= 15 is 0 Å². The molecule has 1 fully saturated rings. The number of thiophene rings is 1. The molecule has 0 aliphatic carbocycles. The molecule has 13 heteroatoms. The maximum absolute atomic E-state index is 14.7. The number of methoxy groups -OCH3 is 1. The van der Waals surface area contributed by atoms with Crippen molar-refractivity contribution in [2.75, 3.05) is 33.5 Å². The first-order chi connectivity index (χ1) is 21.7. The Morgan fingerprint density at radius 2 is 1.96 bits per heavy atom. The van der Waals surface area contributed by atoms with Crippen LogP contribution in [-0.2, 0) is 19.1 Å². The zero-order valence-corrected chi connectivity index (χ0v) is 26.1. The van der Waals surface area contributed by atoms with Gasteiger partial charge in [-0.25, -0.2) is 9.18 Å². The lowest BCUT2D eigenvalue weighted by Gasteiger charge is -2.25. The number of hydrogen-bond acceptors (Lipinski definition) is 8. The monoisotopic (exact) mass is 657 g/mol. The number of hydrogen-bond donors (Lipinski definition) is 2. The third-order valence-corrected chi connectivity index (χ3v) is 8.80. The molecule has 2 N–H and O–H groups in total. The molecule has 238 valence electrons. The third-order valence-electron chi connectivity index (χ3n) is 7.63. The molecule has 2 aromatic carbocycles. The highest BCUT2D eigenvalue weighted by Crippen LogP contribution is 2.30. The molecule has 4 bridgehead atoms. The van der Waals surface area contributed by atoms with Crippen LogP contribution < -0.4 is 15.4 Å². The fourth-order valence-corrected chi connectivity index (χ4v) is 6.37. The Kier molecular flexibility index (Phi) is 10.7. The molecule has 3 heterocycles. The second-order valence-corrected chi connectivity index (χ2v) is 12.2. The summed E-state index contributed by atoms with van der Waals surface area (Å²) < 4.78 is 31.2. The molecule has 5 rings (SSSR count). The fraction of sp³-hybridized carbons (Fsp3) is 0.375. The Labute approximate surface area is 268 Å². The van der Waals surface area contributed by atoms with E-state index in [0.29, 0.717) is 52.4 Å². The smallest absolute Gasteiger partial charge is 0.330 e. The summed E-state index contributed by atoms with van der Waals surface area (Å²) in [7, 11) is 1.23. The molecule has 0 spiro atoms. The van der Waals surface area contributed by atoms with Crippen LogP contribution in [0.25, 0.3) is 11.1 Å². The number of esters is 1. The van der Waals surface area contributed by atoms with Crippen molar-refractivity contribution in [2.24, 2.45) is 0 Å². The standard InChI is InChI=1S/C32H33ClFN3O7S/c1-42-32(41)27-17-43-8-3-2-7-29(38)37-15-24(35-30(39)19-5-4-6-22(33)9-19)14-25(37)16-44-26-11-20(10-23(34)13-26)21-12-28(45-18-21)31(40)36-27/h4-6,9-13,18,24-25,27H,2-3,7-8,14-17H2,1H3,(H,35,39)(H,36,40)/t24-,25-,27-/m0/s1. The van der Waals surface area contributed by atoms with E-state index in [1.165, 1.54) is 19.2 Å². The average Bonchev–Trinajstić information content (AvgIpc) is 3.68. The van der Waals surface area contributed by atoms with Gasteiger partial charge >= 0.3 is 5.97 Å². The lowest BCUT2D eigenvalue weighted by atomic mass is 10.1. The summed E-state index contributed by atoms with van der Waals surface area (Å²) in [6.45, 7) is 0.554. The lowest BCUT2D eigenvalue weighted by molar-refractivity contribution is -0.144. The summed E-state index contributed by atoms with van der Waals surface area (Å²) >= 11 is 7.21. The van der Waals surface area contributed by atoms with Gasteiger partial charge in [-0.05, 0) is 72.2 Å². The molecule has 2 aliphatic heterocycles. The van der Waals surface area contributed by atoms with Crippen molar-refractivity contribution < 1.29 is 37.8 Å². The number of halogens is 2. The van der Waals surface area contributed by atoms with E-state index in [0.717, 1.165) is 11.3 Å². The van der Waals surface area contributed by atoms with Crippen molar-refractivity contribution in [1.82, 2.24) is 15.5 Å². The number of carbonyl (C=O) groups is 4. The summed E-state index contributed by atoms with van der Waals surface area (Å²) in [5.41, 5.74) is 1.50. The molecule has 10 nitrogen and oxygen atoms in total. The van der Waals surface area contributed by atoms with Crippen LogP contribution in [0.1, 0.15) is 45.7 Å². The van der Waals surface area contributed by atoms with Gasteiger partial charge in [0.1, 0.15) is 18.2 Å². The summed E-state index contributed by atoms with van der Waals surface area (Å²) in [6.07, 6.45) is 1.73. The Hall–Kier alpha value is -4.00. The maximum Gasteiger partial charge on any atom is 0.330 e. The molecule has 45 heavy (non-hydrogen) atoms. The number of rotatable bonds is 3. The van der Waals surface area contributed by atoms with Crippen LogP contribution in [-0.4, -0.2) is 80.2 Å². The Morgan fingerprint density at radius 3 is 2.76 bits per heavy atom. The van der Waals surface area contributed by atoms with Crippen LogP contribution in [0.3, 0.4) is 0 Å². The molecular weight excluding hydrogens is 625 g/mol. The molecule has 0 unspecified atom stereocenters. The number of benzene rings is 2. The van der Waals surface area contributed by atoms with Gasteiger partial charge in [-0.15, -0.1) is 11.3 Å². The van der Waals surface area contributed by atoms with Crippen LogP contribution >= 0.6 is 22.9 Å². The van der Waals surface area contributed by atoms with Crippen LogP contribution in [0.4, 0.5) is 4.39 Å². The van der Waals surface area contributed by atoms with E-state index in [-0.39, 0.29) is 55.9 Å². The van der Waals surface area contributed by atoms with E-state index in [1.54, 1.807) is 46.7 Å². The third kappa shape index (κ3) is 8.38. The molecular formula is C32H33ClFN3O7S. The summed E-state index contributed by atoms with van der Waals surface area (Å²) in [5.74, 6) is -1.82. The van der Waals surface area contributed by atoms with Crippen molar-refractivity contribution in [3.05, 3.63) is 75.2 Å². The number of nitrogens with one attached hydrogen (secondary N) is 2. The van der Waals surface area contributed by atoms with E-state index in [2.05, 4.69) is 10.6 Å². The molecule has 0 saturated carbocycles. The molecule has 3 atom stereocenters. The zero-order valence-electron chi connectivity index (χ0n) is 24.6. The fourth-order valence-electron chi connectivity index (χ4n) is 5.36. The Balaban J connectivity index is 1.36. The van der Waals surface area contributed by atoms with Gasteiger partial charge in [-0.2, -0.15) is 0 Å². The van der Waals surface area contributed by atoms with Crippen molar-refractivity contribution in [1.29, 1.82) is 0 Å². The van der Waals surface area contributed by atoms with Gasteiger partial charge in [-0.3, -0.25) is 14.4 Å². The first kappa shape index (κ1) is 32.4. The van der Waals surface area contributed by atoms with E-state index < -0.39 is 23.7 Å². The quantitative estimate of drug-likeness (QED) is 0.399.